The van der Waals surface area contributed by atoms with E-state index in [0.717, 1.165) is 14.7 Å². The molecular weight excluding hydrogens is 404 g/mol. The quantitative estimate of drug-likeness (QED) is 0.222. The summed E-state index contributed by atoms with van der Waals surface area (Å²) in [7, 11) is 1.03. The molecule has 0 aliphatic rings. The number of rotatable bonds is 0. The van der Waals surface area contributed by atoms with Crippen molar-refractivity contribution in [2.75, 3.05) is 0 Å². The summed E-state index contributed by atoms with van der Waals surface area (Å²) < 4.78 is 2.32. The lowest BCUT2D eigenvalue weighted by Crippen LogP contribution is -2.04. The summed E-state index contributed by atoms with van der Waals surface area (Å²) in [5.74, 6) is 0. The molecule has 0 saturated carbocycles. The number of benzene rings is 4. The fourth-order valence-electron chi connectivity index (χ4n) is 3.10. The summed E-state index contributed by atoms with van der Waals surface area (Å²) in [4.78, 5) is 0. The van der Waals surface area contributed by atoms with E-state index in [1.165, 1.54) is 42.0 Å². The van der Waals surface area contributed by atoms with Crippen molar-refractivity contribution in [1.82, 2.24) is 0 Å². The molecule has 0 fully saturated rings. The molecule has 0 unspecified atom stereocenters. The van der Waals surface area contributed by atoms with Gasteiger partial charge in [0.25, 0.3) is 0 Å². The minimum atomic E-state index is 1.03. The van der Waals surface area contributed by atoms with Crippen LogP contribution in [0.1, 0.15) is 0 Å². The second-order valence-corrected chi connectivity index (χ2v) is 8.27. The highest BCUT2D eigenvalue weighted by atomic mass is 79.9. The van der Waals surface area contributed by atoms with Gasteiger partial charge in [0, 0.05) is 19.2 Å². The third-order valence-corrected chi connectivity index (χ3v) is 5.93. The Morgan fingerprint density at radius 3 is 2.19 bits per heavy atom. The van der Waals surface area contributed by atoms with Crippen molar-refractivity contribution in [3.63, 3.8) is 0 Å². The molecular formula is C18H12Br2Si. The Hall–Kier alpha value is -1.16. The van der Waals surface area contributed by atoms with Gasteiger partial charge in [-0.3, -0.25) is 0 Å². The van der Waals surface area contributed by atoms with Crippen LogP contribution in [0.25, 0.3) is 32.3 Å². The summed E-state index contributed by atoms with van der Waals surface area (Å²) in [5.41, 5.74) is 0. The minimum Gasteiger partial charge on any atom is -0.0616 e. The first kappa shape index (κ1) is 13.5. The topological polar surface area (TPSA) is 0 Å². The predicted octanol–water partition coefficient (Wildman–Crippen LogP) is 4.66. The van der Waals surface area contributed by atoms with Crippen molar-refractivity contribution in [2.45, 2.75) is 0 Å². The Balaban J connectivity index is 2.29. The maximum atomic E-state index is 3.74. The molecule has 0 N–H and O–H groups in total. The summed E-state index contributed by atoms with van der Waals surface area (Å²) >= 11 is 7.37. The molecule has 0 aromatic heterocycles. The van der Waals surface area contributed by atoms with Gasteiger partial charge in [-0.15, -0.1) is 0 Å². The molecule has 0 heterocycles. The monoisotopic (exact) mass is 414 g/mol. The lowest BCUT2D eigenvalue weighted by molar-refractivity contribution is 1.73. The third kappa shape index (κ3) is 2.15. The standard InChI is InChI=1S/C18H12Br2Si/c19-13-8-15-16(20)7-12-5-10-3-1-2-4-11(10)6-14(12)18(15)17(21)9-13/h1-9H,21H3. The normalized spacial score (nSPS) is 11.7. The van der Waals surface area contributed by atoms with Gasteiger partial charge in [-0.2, -0.15) is 0 Å². The van der Waals surface area contributed by atoms with Crippen LogP contribution in [0.3, 0.4) is 0 Å². The second kappa shape index (κ2) is 4.94. The van der Waals surface area contributed by atoms with Gasteiger partial charge in [-0.05, 0) is 62.6 Å². The fourth-order valence-corrected chi connectivity index (χ4v) is 5.50. The van der Waals surface area contributed by atoms with Crippen LogP contribution in [0.4, 0.5) is 0 Å². The highest BCUT2D eigenvalue weighted by molar-refractivity contribution is 9.11. The summed E-state index contributed by atoms with van der Waals surface area (Å²) in [6.07, 6.45) is 0. The van der Waals surface area contributed by atoms with Gasteiger partial charge < -0.3 is 0 Å². The Morgan fingerprint density at radius 2 is 1.43 bits per heavy atom. The zero-order valence-electron chi connectivity index (χ0n) is 11.5. The SMILES string of the molecule is [SiH3]c1cc(Br)cc2c(Br)cc3cc4ccccc4cc3c12. The maximum Gasteiger partial charge on any atom is 0.0393 e. The first-order valence-corrected chi connectivity index (χ1v) is 9.43. The van der Waals surface area contributed by atoms with Crippen LogP contribution >= 0.6 is 31.9 Å². The average Bonchev–Trinajstić information content (AvgIpc) is 2.45. The van der Waals surface area contributed by atoms with Crippen LogP contribution in [0.2, 0.25) is 0 Å². The molecule has 0 bridgehead atoms. The van der Waals surface area contributed by atoms with E-state index in [2.05, 4.69) is 86.5 Å². The first-order valence-electron chi connectivity index (χ1n) is 6.84. The van der Waals surface area contributed by atoms with Crippen LogP contribution in [0, 0.1) is 0 Å². The van der Waals surface area contributed by atoms with Gasteiger partial charge in [-0.25, -0.2) is 0 Å². The molecule has 3 heteroatoms. The van der Waals surface area contributed by atoms with Gasteiger partial charge >= 0.3 is 0 Å². The second-order valence-electron chi connectivity index (χ2n) is 5.42. The number of hydrogen-bond donors (Lipinski definition) is 0. The van der Waals surface area contributed by atoms with Gasteiger partial charge in [0.05, 0.1) is 0 Å². The fraction of sp³-hybridized carbons (Fsp3) is 0. The molecule has 21 heavy (non-hydrogen) atoms. The van der Waals surface area contributed by atoms with Gasteiger partial charge in [0.1, 0.15) is 0 Å². The molecule has 4 aromatic carbocycles. The van der Waals surface area contributed by atoms with Crippen molar-refractivity contribution in [3.05, 3.63) is 63.5 Å². The lowest BCUT2D eigenvalue weighted by atomic mass is 9.98. The molecule has 0 aliphatic carbocycles. The van der Waals surface area contributed by atoms with Gasteiger partial charge in [-0.1, -0.05) is 61.3 Å². The number of fused-ring (bicyclic) bond motifs is 4. The van der Waals surface area contributed by atoms with Crippen LogP contribution in [-0.4, -0.2) is 10.2 Å². The molecule has 0 amide bonds. The van der Waals surface area contributed by atoms with Crippen LogP contribution in [-0.2, 0) is 0 Å². The zero-order valence-corrected chi connectivity index (χ0v) is 16.6. The molecule has 0 saturated heterocycles. The lowest BCUT2D eigenvalue weighted by Gasteiger charge is -2.11. The van der Waals surface area contributed by atoms with E-state index in [1.807, 2.05) is 0 Å². The van der Waals surface area contributed by atoms with E-state index >= 15 is 0 Å². The van der Waals surface area contributed by atoms with Crippen molar-refractivity contribution in [3.8, 4) is 0 Å². The molecule has 102 valence electrons. The van der Waals surface area contributed by atoms with E-state index in [9.17, 15) is 0 Å². The first-order chi connectivity index (χ1) is 10.1. The van der Waals surface area contributed by atoms with E-state index in [4.69, 9.17) is 0 Å². The van der Waals surface area contributed by atoms with Crippen molar-refractivity contribution >= 4 is 79.6 Å². The largest absolute Gasteiger partial charge is 0.0616 e. The molecule has 0 spiro atoms. The smallest absolute Gasteiger partial charge is 0.0393 e. The summed E-state index contributed by atoms with van der Waals surface area (Å²) in [6, 6.07) is 19.9. The van der Waals surface area contributed by atoms with Crippen molar-refractivity contribution in [1.29, 1.82) is 0 Å². The van der Waals surface area contributed by atoms with Gasteiger partial charge in [0.2, 0.25) is 0 Å². The molecule has 0 atom stereocenters. The number of hydrogen-bond acceptors (Lipinski definition) is 0. The molecule has 0 radical (unpaired) electrons. The van der Waals surface area contributed by atoms with E-state index < -0.39 is 0 Å². The van der Waals surface area contributed by atoms with Gasteiger partial charge in [0.15, 0.2) is 0 Å². The van der Waals surface area contributed by atoms with Crippen molar-refractivity contribution in [2.24, 2.45) is 0 Å². The molecule has 0 aliphatic heterocycles. The van der Waals surface area contributed by atoms with Crippen LogP contribution in [0.15, 0.2) is 63.5 Å². The summed E-state index contributed by atoms with van der Waals surface area (Å²) in [6.45, 7) is 0. The Labute approximate surface area is 142 Å². The third-order valence-electron chi connectivity index (χ3n) is 4.03. The van der Waals surface area contributed by atoms with Crippen molar-refractivity contribution < 1.29 is 0 Å². The molecule has 4 aromatic rings. The average molecular weight is 416 g/mol. The van der Waals surface area contributed by atoms with E-state index in [-0.39, 0.29) is 0 Å². The summed E-state index contributed by atoms with van der Waals surface area (Å²) in [5, 5.41) is 9.36. The minimum absolute atomic E-state index is 1.03. The predicted molar refractivity (Wildman–Crippen MR) is 104 cm³/mol. The Bertz CT molecular complexity index is 1020. The van der Waals surface area contributed by atoms with E-state index in [0.29, 0.717) is 0 Å². The van der Waals surface area contributed by atoms with Crippen LogP contribution in [0.5, 0.6) is 0 Å². The van der Waals surface area contributed by atoms with Crippen LogP contribution < -0.4 is 5.19 Å². The Morgan fingerprint density at radius 1 is 0.714 bits per heavy atom. The van der Waals surface area contributed by atoms with E-state index in [1.54, 1.807) is 0 Å². The Kier molecular flexibility index (Phi) is 3.17. The highest BCUT2D eigenvalue weighted by Crippen LogP contribution is 2.34. The number of halogens is 2. The highest BCUT2D eigenvalue weighted by Gasteiger charge is 2.09. The molecule has 4 rings (SSSR count). The zero-order chi connectivity index (χ0) is 14.6. The molecule has 0 nitrogen and oxygen atoms in total. The maximum absolute atomic E-state index is 3.74.